The van der Waals surface area contributed by atoms with Crippen LogP contribution in [0.3, 0.4) is 0 Å². The van der Waals surface area contributed by atoms with Crippen molar-refractivity contribution < 1.29 is 9.59 Å². The van der Waals surface area contributed by atoms with Crippen molar-refractivity contribution in [2.45, 2.75) is 33.1 Å². The zero-order chi connectivity index (χ0) is 21.0. The highest BCUT2D eigenvalue weighted by atomic mass is 32.2. The number of carbonyl (C=O) groups excluding carboxylic acids is 2. The van der Waals surface area contributed by atoms with E-state index in [-0.39, 0.29) is 29.9 Å². The number of amides is 2. The van der Waals surface area contributed by atoms with E-state index in [1.807, 2.05) is 63.2 Å². The zero-order valence-corrected chi connectivity index (χ0v) is 17.5. The third-order valence-electron chi connectivity index (χ3n) is 5.06. The van der Waals surface area contributed by atoms with Crippen LogP contribution in [-0.2, 0) is 9.59 Å². The Bertz CT molecular complexity index is 1020. The van der Waals surface area contributed by atoms with E-state index in [0.717, 1.165) is 27.9 Å². The lowest BCUT2D eigenvalue weighted by atomic mass is 9.87. The van der Waals surface area contributed by atoms with Crippen molar-refractivity contribution in [1.82, 2.24) is 5.32 Å². The van der Waals surface area contributed by atoms with Gasteiger partial charge in [0.1, 0.15) is 0 Å². The Labute approximate surface area is 175 Å². The monoisotopic (exact) mass is 405 g/mol. The average molecular weight is 406 g/mol. The predicted molar refractivity (Wildman–Crippen MR) is 116 cm³/mol. The minimum Gasteiger partial charge on any atom is -0.325 e. The van der Waals surface area contributed by atoms with E-state index in [0.29, 0.717) is 10.6 Å². The maximum absolute atomic E-state index is 12.4. The second kappa shape index (κ2) is 8.97. The molecule has 0 aliphatic carbocycles. The van der Waals surface area contributed by atoms with Crippen LogP contribution in [0.4, 0.5) is 5.69 Å². The summed E-state index contributed by atoms with van der Waals surface area (Å²) in [4.78, 5) is 24.7. The van der Waals surface area contributed by atoms with Gasteiger partial charge in [0.05, 0.1) is 22.4 Å². The molecule has 1 atom stereocenters. The molecule has 3 rings (SSSR count). The smallest absolute Gasteiger partial charge is 0.234 e. The number of rotatable bonds is 5. The Morgan fingerprint density at radius 1 is 1.21 bits per heavy atom. The molecule has 0 radical (unpaired) electrons. The Kier molecular flexibility index (Phi) is 6.40. The van der Waals surface area contributed by atoms with E-state index < -0.39 is 0 Å². The first-order valence-corrected chi connectivity index (χ1v) is 10.4. The first kappa shape index (κ1) is 20.7. The third kappa shape index (κ3) is 4.87. The Balaban J connectivity index is 1.76. The zero-order valence-electron chi connectivity index (χ0n) is 16.7. The number of allylic oxidation sites excluding steroid dienone is 1. The molecule has 2 N–H and O–H groups in total. The quantitative estimate of drug-likeness (QED) is 0.776. The van der Waals surface area contributed by atoms with Crippen LogP contribution in [-0.4, -0.2) is 17.6 Å². The van der Waals surface area contributed by atoms with Crippen LogP contribution in [0.2, 0.25) is 0 Å². The Morgan fingerprint density at radius 2 is 1.93 bits per heavy atom. The minimum atomic E-state index is -0.293. The number of nitrogens with one attached hydrogen (secondary N) is 2. The third-order valence-corrected chi connectivity index (χ3v) is 6.08. The lowest BCUT2D eigenvalue weighted by molar-refractivity contribution is -0.121. The number of hydrogen-bond acceptors (Lipinski definition) is 4. The molecule has 0 aromatic heterocycles. The standard InChI is InChI=1S/C23H23N3O2S/c1-14-7-9-17(10-8-14)18-11-21(27)26-23(19(18)12-24)29-13-22(28)25-20-6-4-5-15(2)16(20)3/h4-10,18H,11,13H2,1-3H3,(H,25,28)(H,26,27)/t18-/m0/s1. The van der Waals surface area contributed by atoms with Crippen LogP contribution >= 0.6 is 11.8 Å². The molecule has 0 saturated heterocycles. The predicted octanol–water partition coefficient (Wildman–Crippen LogP) is 4.32. The summed E-state index contributed by atoms with van der Waals surface area (Å²) < 4.78 is 0. The summed E-state index contributed by atoms with van der Waals surface area (Å²) >= 11 is 1.19. The topological polar surface area (TPSA) is 82.0 Å². The van der Waals surface area contributed by atoms with Crippen LogP contribution in [0.5, 0.6) is 0 Å². The van der Waals surface area contributed by atoms with Crippen LogP contribution in [0.1, 0.15) is 34.6 Å². The van der Waals surface area contributed by atoms with Crippen molar-refractivity contribution in [3.63, 3.8) is 0 Å². The van der Waals surface area contributed by atoms with Gasteiger partial charge in [-0.25, -0.2) is 0 Å². The normalized spacial score (nSPS) is 16.2. The first-order valence-electron chi connectivity index (χ1n) is 9.38. The van der Waals surface area contributed by atoms with Gasteiger partial charge in [0.15, 0.2) is 0 Å². The summed E-state index contributed by atoms with van der Waals surface area (Å²) in [6.45, 7) is 5.95. The molecule has 2 aromatic carbocycles. The summed E-state index contributed by atoms with van der Waals surface area (Å²) in [6, 6.07) is 15.8. The molecule has 29 heavy (non-hydrogen) atoms. The van der Waals surface area contributed by atoms with Crippen LogP contribution in [0, 0.1) is 32.1 Å². The van der Waals surface area contributed by atoms with Gasteiger partial charge in [0, 0.05) is 18.0 Å². The van der Waals surface area contributed by atoms with Crippen molar-refractivity contribution in [3.8, 4) is 6.07 Å². The van der Waals surface area contributed by atoms with Gasteiger partial charge >= 0.3 is 0 Å². The molecule has 1 aliphatic heterocycles. The average Bonchev–Trinajstić information content (AvgIpc) is 2.70. The molecule has 2 amide bonds. The van der Waals surface area contributed by atoms with Gasteiger partial charge in [0.25, 0.3) is 0 Å². The van der Waals surface area contributed by atoms with Crippen LogP contribution in [0.15, 0.2) is 53.1 Å². The highest BCUT2D eigenvalue weighted by Gasteiger charge is 2.29. The number of aryl methyl sites for hydroxylation is 2. The lowest BCUT2D eigenvalue weighted by Gasteiger charge is -2.25. The minimum absolute atomic E-state index is 0.106. The second-order valence-electron chi connectivity index (χ2n) is 7.15. The van der Waals surface area contributed by atoms with Gasteiger partial charge in [-0.3, -0.25) is 9.59 Å². The van der Waals surface area contributed by atoms with E-state index in [9.17, 15) is 14.9 Å². The molecule has 1 heterocycles. The van der Waals surface area contributed by atoms with Gasteiger partial charge in [0.2, 0.25) is 11.8 Å². The largest absolute Gasteiger partial charge is 0.325 e. The maximum atomic E-state index is 12.4. The first-order chi connectivity index (χ1) is 13.9. The molecule has 0 spiro atoms. The molecule has 0 bridgehead atoms. The molecule has 148 valence electrons. The van der Waals surface area contributed by atoms with Crippen molar-refractivity contribution in [2.24, 2.45) is 0 Å². The molecule has 6 heteroatoms. The van der Waals surface area contributed by atoms with Gasteiger partial charge in [-0.1, -0.05) is 53.7 Å². The number of nitriles is 1. The molecule has 1 aliphatic rings. The van der Waals surface area contributed by atoms with Gasteiger partial charge in [-0.05, 0) is 43.5 Å². The van der Waals surface area contributed by atoms with Crippen LogP contribution in [0.25, 0.3) is 0 Å². The fraction of sp³-hybridized carbons (Fsp3) is 0.261. The molecule has 5 nitrogen and oxygen atoms in total. The Morgan fingerprint density at radius 3 is 2.62 bits per heavy atom. The fourth-order valence-corrected chi connectivity index (χ4v) is 4.10. The van der Waals surface area contributed by atoms with Crippen molar-refractivity contribution in [2.75, 3.05) is 11.1 Å². The van der Waals surface area contributed by atoms with Crippen molar-refractivity contribution >= 4 is 29.3 Å². The van der Waals surface area contributed by atoms with Crippen molar-refractivity contribution in [3.05, 3.63) is 75.3 Å². The summed E-state index contributed by atoms with van der Waals surface area (Å²) in [5, 5.41) is 15.9. The highest BCUT2D eigenvalue weighted by Crippen LogP contribution is 2.36. The molecular formula is C23H23N3O2S. The van der Waals surface area contributed by atoms with Gasteiger partial charge < -0.3 is 10.6 Å². The van der Waals surface area contributed by atoms with E-state index in [4.69, 9.17) is 0 Å². The summed E-state index contributed by atoms with van der Waals surface area (Å²) in [5.74, 6) is -0.513. The summed E-state index contributed by atoms with van der Waals surface area (Å²) in [5.41, 5.74) is 5.45. The number of carbonyl (C=O) groups is 2. The van der Waals surface area contributed by atoms with Crippen molar-refractivity contribution in [1.29, 1.82) is 5.26 Å². The molecular weight excluding hydrogens is 382 g/mol. The molecule has 0 fully saturated rings. The van der Waals surface area contributed by atoms with E-state index in [1.54, 1.807) is 0 Å². The fourth-order valence-electron chi connectivity index (χ4n) is 3.23. The molecule has 0 unspecified atom stereocenters. The SMILES string of the molecule is Cc1ccc([C@@H]2CC(=O)NC(SCC(=O)Nc3cccc(C)c3C)=C2C#N)cc1. The lowest BCUT2D eigenvalue weighted by Crippen LogP contribution is -2.31. The number of anilines is 1. The summed E-state index contributed by atoms with van der Waals surface area (Å²) in [6.07, 6.45) is 0.227. The van der Waals surface area contributed by atoms with E-state index in [2.05, 4.69) is 16.7 Å². The number of hydrogen-bond donors (Lipinski definition) is 2. The van der Waals surface area contributed by atoms with E-state index >= 15 is 0 Å². The second-order valence-corrected chi connectivity index (χ2v) is 8.14. The Hall–Kier alpha value is -3.04. The number of benzene rings is 2. The van der Waals surface area contributed by atoms with Crippen LogP contribution < -0.4 is 10.6 Å². The number of thioether (sulfide) groups is 1. The summed E-state index contributed by atoms with van der Waals surface area (Å²) in [7, 11) is 0. The molecule has 0 saturated carbocycles. The maximum Gasteiger partial charge on any atom is 0.234 e. The number of nitrogens with zero attached hydrogens (tertiary/aromatic N) is 1. The highest BCUT2D eigenvalue weighted by molar-refractivity contribution is 8.03. The molecule has 2 aromatic rings. The van der Waals surface area contributed by atoms with E-state index in [1.165, 1.54) is 11.8 Å². The van der Waals surface area contributed by atoms with Gasteiger partial charge in [-0.15, -0.1) is 0 Å². The van der Waals surface area contributed by atoms with Gasteiger partial charge in [-0.2, -0.15) is 5.26 Å².